The Hall–Kier alpha value is -2.45. The van der Waals surface area contributed by atoms with Crippen molar-refractivity contribution in [1.82, 2.24) is 18.5 Å². The molecule has 0 aliphatic carbocycles. The Bertz CT molecular complexity index is 1090. The number of fused-ring (bicyclic) bond motifs is 1. The number of sulfonamides is 1. The molecule has 1 fully saturated rings. The molecule has 0 spiro atoms. The second-order valence-electron chi connectivity index (χ2n) is 6.81. The van der Waals surface area contributed by atoms with Gasteiger partial charge >= 0.3 is 5.69 Å². The average molecular weight is 386 g/mol. The van der Waals surface area contributed by atoms with Gasteiger partial charge in [-0.15, -0.1) is 5.10 Å². The molecule has 8 heteroatoms. The molecule has 2 aromatic heterocycles. The lowest BCUT2D eigenvalue weighted by atomic mass is 10.2. The first-order valence-electron chi connectivity index (χ1n) is 9.20. The number of benzene rings is 1. The maximum atomic E-state index is 13.2. The van der Waals surface area contributed by atoms with Gasteiger partial charge < -0.3 is 0 Å². The molecule has 1 aliphatic rings. The maximum absolute atomic E-state index is 13.2. The molecule has 7 nitrogen and oxygen atoms in total. The van der Waals surface area contributed by atoms with E-state index in [1.165, 1.54) is 19.5 Å². The summed E-state index contributed by atoms with van der Waals surface area (Å²) in [6.45, 7) is 1.32. The largest absolute Gasteiger partial charge is 0.350 e. The van der Waals surface area contributed by atoms with Crippen molar-refractivity contribution in [2.45, 2.75) is 37.1 Å². The third-order valence-corrected chi connectivity index (χ3v) is 6.85. The van der Waals surface area contributed by atoms with Gasteiger partial charge in [0, 0.05) is 19.3 Å². The van der Waals surface area contributed by atoms with E-state index in [9.17, 15) is 13.2 Å². The smallest absolute Gasteiger partial charge is 0.249 e. The fourth-order valence-corrected chi connectivity index (χ4v) is 5.13. The summed E-state index contributed by atoms with van der Waals surface area (Å²) in [7, 11) is -3.69. The Morgan fingerprint density at radius 1 is 0.926 bits per heavy atom. The van der Waals surface area contributed by atoms with Gasteiger partial charge in [0.1, 0.15) is 4.90 Å². The summed E-state index contributed by atoms with van der Waals surface area (Å²) in [5.41, 5.74) is 0.768. The third kappa shape index (κ3) is 3.42. The van der Waals surface area contributed by atoms with Crippen LogP contribution in [0, 0.1) is 0 Å². The molecule has 0 amide bonds. The van der Waals surface area contributed by atoms with Crippen molar-refractivity contribution in [3.63, 3.8) is 0 Å². The summed E-state index contributed by atoms with van der Waals surface area (Å²) in [4.78, 5) is 12.8. The molecule has 0 unspecified atom stereocenters. The normalized spacial score (nSPS) is 16.4. The van der Waals surface area contributed by atoms with Gasteiger partial charge in [0.15, 0.2) is 5.65 Å². The van der Waals surface area contributed by atoms with Gasteiger partial charge in [0.05, 0.1) is 6.54 Å². The number of pyridine rings is 1. The quantitative estimate of drug-likeness (QED) is 0.688. The van der Waals surface area contributed by atoms with E-state index in [1.807, 2.05) is 30.3 Å². The van der Waals surface area contributed by atoms with E-state index in [0.717, 1.165) is 31.2 Å². The zero-order chi connectivity index (χ0) is 18.9. The Balaban J connectivity index is 1.78. The third-order valence-electron chi connectivity index (χ3n) is 4.93. The van der Waals surface area contributed by atoms with Crippen molar-refractivity contribution in [3.8, 4) is 0 Å². The molecule has 4 rings (SSSR count). The number of nitrogens with zero attached hydrogens (tertiary/aromatic N) is 4. The summed E-state index contributed by atoms with van der Waals surface area (Å²) in [5.74, 6) is 0. The minimum absolute atomic E-state index is 0.0933. The Morgan fingerprint density at radius 2 is 1.63 bits per heavy atom. The Morgan fingerprint density at radius 3 is 2.33 bits per heavy atom. The van der Waals surface area contributed by atoms with Crippen LogP contribution in [-0.4, -0.2) is 40.0 Å². The van der Waals surface area contributed by atoms with Gasteiger partial charge in [-0.05, 0) is 30.5 Å². The van der Waals surface area contributed by atoms with E-state index in [0.29, 0.717) is 19.6 Å². The molecule has 0 radical (unpaired) electrons. The monoisotopic (exact) mass is 386 g/mol. The standard InChI is InChI=1S/C19H22N4O3S/c24-19-22-14-8-11-17(27(25,26)21-12-6-1-2-7-13-21)18(22)20-23(19)15-16-9-4-3-5-10-16/h3-5,8-11,14H,1-2,6-7,12-13,15H2. The lowest BCUT2D eigenvalue weighted by Crippen LogP contribution is -2.32. The molecule has 142 valence electrons. The van der Waals surface area contributed by atoms with Crippen LogP contribution in [0.4, 0.5) is 0 Å². The maximum Gasteiger partial charge on any atom is 0.350 e. The molecule has 27 heavy (non-hydrogen) atoms. The van der Waals surface area contributed by atoms with Crippen LogP contribution in [-0.2, 0) is 16.6 Å². The first kappa shape index (κ1) is 17.9. The van der Waals surface area contributed by atoms with Crippen molar-refractivity contribution in [2.24, 2.45) is 0 Å². The average Bonchev–Trinajstić information content (AvgIpc) is 2.87. The van der Waals surface area contributed by atoms with E-state index in [-0.39, 0.29) is 16.2 Å². The predicted molar refractivity (Wildman–Crippen MR) is 102 cm³/mol. The fourth-order valence-electron chi connectivity index (χ4n) is 3.50. The Labute approximate surface area is 157 Å². The highest BCUT2D eigenvalue weighted by Gasteiger charge is 2.28. The number of hydrogen-bond donors (Lipinski definition) is 0. The SMILES string of the molecule is O=c1n(Cc2ccccc2)nc2c(S(=O)(=O)N3CCCCCC3)cccn12. The first-order chi connectivity index (χ1) is 13.1. The number of aromatic nitrogens is 3. The van der Waals surface area contributed by atoms with Crippen LogP contribution in [0.15, 0.2) is 58.4 Å². The van der Waals surface area contributed by atoms with E-state index in [2.05, 4.69) is 5.10 Å². The van der Waals surface area contributed by atoms with E-state index >= 15 is 0 Å². The molecule has 1 aromatic carbocycles. The minimum Gasteiger partial charge on any atom is -0.249 e. The molecule has 0 N–H and O–H groups in total. The zero-order valence-electron chi connectivity index (χ0n) is 15.0. The van der Waals surface area contributed by atoms with Crippen LogP contribution in [0.25, 0.3) is 5.65 Å². The van der Waals surface area contributed by atoms with E-state index in [1.54, 1.807) is 12.3 Å². The summed E-state index contributed by atoms with van der Waals surface area (Å²) in [5, 5.41) is 4.35. The number of rotatable bonds is 4. The fraction of sp³-hybridized carbons (Fsp3) is 0.368. The molecule has 1 saturated heterocycles. The molecule has 0 atom stereocenters. The van der Waals surface area contributed by atoms with Crippen LogP contribution in [0.2, 0.25) is 0 Å². The molecule has 3 heterocycles. The van der Waals surface area contributed by atoms with Crippen LogP contribution < -0.4 is 5.69 Å². The molecule has 0 saturated carbocycles. The van der Waals surface area contributed by atoms with Crippen LogP contribution >= 0.6 is 0 Å². The van der Waals surface area contributed by atoms with E-state index in [4.69, 9.17) is 0 Å². The van der Waals surface area contributed by atoms with Crippen LogP contribution in [0.1, 0.15) is 31.2 Å². The molecular weight excluding hydrogens is 364 g/mol. The predicted octanol–water partition coefficient (Wildman–Crippen LogP) is 2.11. The van der Waals surface area contributed by atoms with Gasteiger partial charge in [-0.3, -0.25) is 0 Å². The Kier molecular flexibility index (Phi) is 4.84. The highest BCUT2D eigenvalue weighted by atomic mass is 32.2. The second kappa shape index (κ2) is 7.28. The summed E-state index contributed by atoms with van der Waals surface area (Å²) >= 11 is 0. The van der Waals surface area contributed by atoms with Crippen molar-refractivity contribution in [2.75, 3.05) is 13.1 Å². The van der Waals surface area contributed by atoms with Gasteiger partial charge in [0.2, 0.25) is 10.0 Å². The van der Waals surface area contributed by atoms with Gasteiger partial charge in [-0.25, -0.2) is 22.3 Å². The van der Waals surface area contributed by atoms with Crippen LogP contribution in [0.3, 0.4) is 0 Å². The van der Waals surface area contributed by atoms with Crippen molar-refractivity contribution in [1.29, 1.82) is 0 Å². The lowest BCUT2D eigenvalue weighted by Gasteiger charge is -2.19. The van der Waals surface area contributed by atoms with Gasteiger partial charge in [-0.1, -0.05) is 43.2 Å². The van der Waals surface area contributed by atoms with Crippen LogP contribution in [0.5, 0.6) is 0 Å². The topological polar surface area (TPSA) is 76.7 Å². The summed E-state index contributed by atoms with van der Waals surface area (Å²) in [6, 6.07) is 12.6. The highest BCUT2D eigenvalue weighted by molar-refractivity contribution is 7.89. The van der Waals surface area contributed by atoms with Crippen molar-refractivity contribution < 1.29 is 8.42 Å². The first-order valence-corrected chi connectivity index (χ1v) is 10.6. The van der Waals surface area contributed by atoms with E-state index < -0.39 is 10.0 Å². The lowest BCUT2D eigenvalue weighted by molar-refractivity contribution is 0.424. The van der Waals surface area contributed by atoms with Gasteiger partial charge in [-0.2, -0.15) is 4.31 Å². The molecule has 3 aromatic rings. The minimum atomic E-state index is -3.69. The summed E-state index contributed by atoms with van der Waals surface area (Å²) in [6.07, 6.45) is 5.37. The van der Waals surface area contributed by atoms with Crippen molar-refractivity contribution in [3.05, 3.63) is 64.7 Å². The second-order valence-corrected chi connectivity index (χ2v) is 8.72. The molecular formula is C19H22N4O3S. The molecule has 0 bridgehead atoms. The highest BCUT2D eigenvalue weighted by Crippen LogP contribution is 2.22. The molecule has 1 aliphatic heterocycles. The number of hydrogen-bond acceptors (Lipinski definition) is 4. The van der Waals surface area contributed by atoms with Gasteiger partial charge in [0.25, 0.3) is 0 Å². The zero-order valence-corrected chi connectivity index (χ0v) is 15.8. The van der Waals surface area contributed by atoms with Crippen molar-refractivity contribution >= 4 is 15.7 Å². The summed E-state index contributed by atoms with van der Waals surface area (Å²) < 4.78 is 30.5.